The van der Waals surface area contributed by atoms with Crippen molar-refractivity contribution in [3.8, 4) is 11.8 Å². The van der Waals surface area contributed by atoms with Crippen LogP contribution < -0.4 is 0 Å². The highest BCUT2D eigenvalue weighted by molar-refractivity contribution is 5.70. The molecule has 0 bridgehead atoms. The van der Waals surface area contributed by atoms with Gasteiger partial charge in [0.2, 0.25) is 0 Å². The minimum absolute atomic E-state index is 0.00297. The first-order valence-corrected chi connectivity index (χ1v) is 8.80. The van der Waals surface area contributed by atoms with Crippen molar-refractivity contribution in [3.63, 3.8) is 0 Å². The van der Waals surface area contributed by atoms with Gasteiger partial charge in [0.15, 0.2) is 0 Å². The van der Waals surface area contributed by atoms with E-state index in [1.807, 2.05) is 18.2 Å². The monoisotopic (exact) mass is 332 g/mol. The maximum absolute atomic E-state index is 10.8. The quantitative estimate of drug-likeness (QED) is 0.222. The third kappa shape index (κ3) is 16.6. The number of hydrogen-bond donors (Lipinski definition) is 0. The lowest BCUT2D eigenvalue weighted by Gasteiger charge is -2.03. The number of rotatable bonds is 12. The molecule has 1 atom stereocenters. The molecule has 24 heavy (non-hydrogen) atoms. The van der Waals surface area contributed by atoms with Crippen LogP contribution in [0.25, 0.3) is 0 Å². The maximum Gasteiger partial charge on any atom is 0.331 e. The van der Waals surface area contributed by atoms with Crippen LogP contribution in [0.1, 0.15) is 52.4 Å². The van der Waals surface area contributed by atoms with E-state index < -0.39 is 0 Å². The largest absolute Gasteiger partial charge is 0.467 e. The van der Waals surface area contributed by atoms with Crippen molar-refractivity contribution in [1.29, 1.82) is 0 Å². The lowest BCUT2D eigenvalue weighted by atomic mass is 10.0. The Kier molecular flexibility index (Phi) is 16.3. The van der Waals surface area contributed by atoms with E-state index in [2.05, 4.69) is 48.7 Å². The molecule has 0 rings (SSSR count). The Hall–Kier alpha value is -1.79. The highest BCUT2D eigenvalue weighted by atomic mass is 16.6. The summed E-state index contributed by atoms with van der Waals surface area (Å²) in [6.07, 6.45) is 19.0. The van der Waals surface area contributed by atoms with Gasteiger partial charge in [-0.2, -0.15) is 0 Å². The SMILES string of the molecule is CCCCC[C@H](C)/C=C/C#CC/C=C\C/C=C\COCC(=O)OC. The van der Waals surface area contributed by atoms with E-state index in [9.17, 15) is 4.79 Å². The summed E-state index contributed by atoms with van der Waals surface area (Å²) in [6.45, 7) is 4.89. The molecule has 0 saturated heterocycles. The lowest BCUT2D eigenvalue weighted by molar-refractivity contribution is -0.145. The molecular formula is C21H32O3. The van der Waals surface area contributed by atoms with Crippen molar-refractivity contribution in [2.24, 2.45) is 5.92 Å². The van der Waals surface area contributed by atoms with Gasteiger partial charge in [0.1, 0.15) is 6.61 Å². The molecule has 134 valence electrons. The number of methoxy groups -OCH3 is 1. The molecule has 0 radical (unpaired) electrons. The van der Waals surface area contributed by atoms with Gasteiger partial charge >= 0.3 is 5.97 Å². The first-order valence-electron chi connectivity index (χ1n) is 8.80. The second kappa shape index (κ2) is 17.6. The third-order valence-electron chi connectivity index (χ3n) is 3.36. The summed E-state index contributed by atoms with van der Waals surface area (Å²) in [5, 5.41) is 0. The number of esters is 1. The smallest absolute Gasteiger partial charge is 0.331 e. The topological polar surface area (TPSA) is 35.5 Å². The molecule has 0 aliphatic rings. The summed E-state index contributed by atoms with van der Waals surface area (Å²) in [5.74, 6) is 6.46. The molecule has 0 aliphatic carbocycles. The molecule has 0 saturated carbocycles. The highest BCUT2D eigenvalue weighted by Gasteiger charge is 1.96. The molecule has 0 fully saturated rings. The van der Waals surface area contributed by atoms with Crippen LogP contribution in [0, 0.1) is 17.8 Å². The minimum Gasteiger partial charge on any atom is -0.467 e. The Labute approximate surface area is 147 Å². The fraction of sp³-hybridized carbons (Fsp3) is 0.571. The van der Waals surface area contributed by atoms with E-state index in [0.717, 1.165) is 12.8 Å². The van der Waals surface area contributed by atoms with E-state index in [1.165, 1.54) is 32.8 Å². The number of hydrogen-bond acceptors (Lipinski definition) is 3. The summed E-state index contributed by atoms with van der Waals surface area (Å²) in [5.41, 5.74) is 0. The third-order valence-corrected chi connectivity index (χ3v) is 3.36. The Morgan fingerprint density at radius 1 is 1.17 bits per heavy atom. The molecule has 3 nitrogen and oxygen atoms in total. The zero-order valence-electron chi connectivity index (χ0n) is 15.4. The molecule has 0 heterocycles. The van der Waals surface area contributed by atoms with E-state index >= 15 is 0 Å². The van der Waals surface area contributed by atoms with Crippen LogP contribution in [0.4, 0.5) is 0 Å². The predicted octanol–water partition coefficient (Wildman–Crippen LogP) is 4.84. The van der Waals surface area contributed by atoms with Gasteiger partial charge in [-0.3, -0.25) is 0 Å². The number of ether oxygens (including phenoxy) is 2. The Balaban J connectivity index is 3.63. The molecule has 3 heteroatoms. The first kappa shape index (κ1) is 22.2. The van der Waals surface area contributed by atoms with Crippen LogP contribution in [-0.2, 0) is 14.3 Å². The van der Waals surface area contributed by atoms with Gasteiger partial charge in [-0.15, -0.1) is 0 Å². The molecular weight excluding hydrogens is 300 g/mol. The average Bonchev–Trinajstić information content (AvgIpc) is 2.58. The summed E-state index contributed by atoms with van der Waals surface area (Å²) >= 11 is 0. The zero-order chi connectivity index (χ0) is 17.9. The molecule has 0 aliphatic heterocycles. The molecule has 0 aromatic rings. The lowest BCUT2D eigenvalue weighted by Crippen LogP contribution is -2.09. The van der Waals surface area contributed by atoms with Crippen molar-refractivity contribution >= 4 is 5.97 Å². The van der Waals surface area contributed by atoms with Crippen LogP contribution in [0.3, 0.4) is 0 Å². The fourth-order valence-corrected chi connectivity index (χ4v) is 1.89. The molecule has 0 aromatic carbocycles. The number of allylic oxidation sites excluding steroid dienone is 5. The van der Waals surface area contributed by atoms with Gasteiger partial charge in [0.05, 0.1) is 13.7 Å². The van der Waals surface area contributed by atoms with Crippen LogP contribution >= 0.6 is 0 Å². The van der Waals surface area contributed by atoms with Gasteiger partial charge in [-0.1, -0.05) is 75.3 Å². The maximum atomic E-state index is 10.8. The van der Waals surface area contributed by atoms with E-state index in [1.54, 1.807) is 0 Å². The van der Waals surface area contributed by atoms with Gasteiger partial charge in [-0.05, 0) is 24.8 Å². The minimum atomic E-state index is -0.355. The summed E-state index contributed by atoms with van der Waals surface area (Å²) in [7, 11) is 1.35. The van der Waals surface area contributed by atoms with Gasteiger partial charge < -0.3 is 9.47 Å². The van der Waals surface area contributed by atoms with Crippen molar-refractivity contribution < 1.29 is 14.3 Å². The molecule has 0 aromatic heterocycles. The highest BCUT2D eigenvalue weighted by Crippen LogP contribution is 2.09. The van der Waals surface area contributed by atoms with Crippen molar-refractivity contribution in [2.75, 3.05) is 20.3 Å². The predicted molar refractivity (Wildman–Crippen MR) is 101 cm³/mol. The molecule has 0 N–H and O–H groups in total. The van der Waals surface area contributed by atoms with Gasteiger partial charge in [0, 0.05) is 6.42 Å². The van der Waals surface area contributed by atoms with Crippen molar-refractivity contribution in [3.05, 3.63) is 36.5 Å². The van der Waals surface area contributed by atoms with Crippen molar-refractivity contribution in [2.45, 2.75) is 52.4 Å². The normalized spacial score (nSPS) is 12.6. The fourth-order valence-electron chi connectivity index (χ4n) is 1.89. The van der Waals surface area contributed by atoms with Crippen molar-refractivity contribution in [1.82, 2.24) is 0 Å². The Bertz CT molecular complexity index is 449. The zero-order valence-corrected chi connectivity index (χ0v) is 15.4. The second-order valence-corrected chi connectivity index (χ2v) is 5.63. The molecule has 0 amide bonds. The molecule has 0 unspecified atom stereocenters. The average molecular weight is 332 g/mol. The van der Waals surface area contributed by atoms with Crippen LogP contribution in [0.15, 0.2) is 36.5 Å². The van der Waals surface area contributed by atoms with Crippen LogP contribution in [0.2, 0.25) is 0 Å². The van der Waals surface area contributed by atoms with E-state index in [-0.39, 0.29) is 12.6 Å². The summed E-state index contributed by atoms with van der Waals surface area (Å²) in [4.78, 5) is 10.8. The molecule has 0 spiro atoms. The summed E-state index contributed by atoms with van der Waals surface area (Å²) < 4.78 is 9.56. The Morgan fingerprint density at radius 2 is 1.96 bits per heavy atom. The first-order chi connectivity index (χ1) is 11.7. The van der Waals surface area contributed by atoms with Crippen LogP contribution in [-0.4, -0.2) is 26.3 Å². The number of carbonyl (C=O) groups is 1. The summed E-state index contributed by atoms with van der Waals surface area (Å²) in [6, 6.07) is 0. The number of unbranched alkanes of at least 4 members (excludes halogenated alkanes) is 2. The van der Waals surface area contributed by atoms with Crippen LogP contribution in [0.5, 0.6) is 0 Å². The van der Waals surface area contributed by atoms with E-state index in [4.69, 9.17) is 4.74 Å². The van der Waals surface area contributed by atoms with Gasteiger partial charge in [-0.25, -0.2) is 4.79 Å². The van der Waals surface area contributed by atoms with E-state index in [0.29, 0.717) is 12.5 Å². The Morgan fingerprint density at radius 3 is 2.71 bits per heavy atom. The second-order valence-electron chi connectivity index (χ2n) is 5.63. The standard InChI is InChI=1S/C21H32O3/c1-4-5-13-16-20(2)17-14-11-9-7-6-8-10-12-15-18-24-19-21(22)23-3/h6,8,12,14-15,17,20H,4-5,7,10,13,16,18-19H2,1-3H3/b8-6-,15-12-,17-14+/t20-/m0/s1. The van der Waals surface area contributed by atoms with Gasteiger partial charge in [0.25, 0.3) is 0 Å². The number of carbonyl (C=O) groups excluding carboxylic acids is 1.